The molecule has 1 aliphatic heterocycles. The van der Waals surface area contributed by atoms with Crippen LogP contribution in [0.4, 0.5) is 4.79 Å². The summed E-state index contributed by atoms with van der Waals surface area (Å²) in [7, 11) is 0. The SMILES string of the molecule is Cc1ccc(C2C(N)CN2C(=O)OC(C)(C)C)cc1C. The van der Waals surface area contributed by atoms with Crippen molar-refractivity contribution in [2.45, 2.75) is 52.3 Å². The third-order valence-corrected chi connectivity index (χ3v) is 3.65. The van der Waals surface area contributed by atoms with Crippen LogP contribution >= 0.6 is 0 Å². The first-order valence-electron chi connectivity index (χ1n) is 7.01. The second-order valence-electron chi connectivity index (χ2n) is 6.59. The van der Waals surface area contributed by atoms with Gasteiger partial charge in [-0.2, -0.15) is 0 Å². The van der Waals surface area contributed by atoms with Gasteiger partial charge in [-0.25, -0.2) is 4.79 Å². The standard InChI is InChI=1S/C16H24N2O2/c1-10-6-7-12(8-11(10)2)14-13(17)9-18(14)15(19)20-16(3,4)5/h6-8,13-14H,9,17H2,1-5H3. The summed E-state index contributed by atoms with van der Waals surface area (Å²) in [4.78, 5) is 13.9. The number of nitrogens with two attached hydrogens (primary N) is 1. The first-order valence-corrected chi connectivity index (χ1v) is 7.01. The largest absolute Gasteiger partial charge is 0.444 e. The topological polar surface area (TPSA) is 55.6 Å². The van der Waals surface area contributed by atoms with Gasteiger partial charge in [0, 0.05) is 12.6 Å². The van der Waals surface area contributed by atoms with E-state index in [0.717, 1.165) is 5.56 Å². The number of hydrogen-bond donors (Lipinski definition) is 1. The summed E-state index contributed by atoms with van der Waals surface area (Å²) in [6.45, 7) is 10.3. The predicted octanol–water partition coefficient (Wildman–Crippen LogP) is 2.92. The van der Waals surface area contributed by atoms with Crippen molar-refractivity contribution in [3.05, 3.63) is 34.9 Å². The van der Waals surface area contributed by atoms with E-state index in [-0.39, 0.29) is 18.2 Å². The van der Waals surface area contributed by atoms with Crippen LogP contribution in [-0.4, -0.2) is 29.2 Å². The Morgan fingerprint density at radius 2 is 1.95 bits per heavy atom. The molecule has 1 aromatic rings. The molecule has 2 atom stereocenters. The van der Waals surface area contributed by atoms with E-state index in [9.17, 15) is 4.79 Å². The van der Waals surface area contributed by atoms with Crippen molar-refractivity contribution in [2.24, 2.45) is 5.73 Å². The van der Waals surface area contributed by atoms with E-state index in [0.29, 0.717) is 6.54 Å². The van der Waals surface area contributed by atoms with Crippen molar-refractivity contribution >= 4 is 6.09 Å². The zero-order chi connectivity index (χ0) is 15.1. The normalized spacial score (nSPS) is 22.4. The highest BCUT2D eigenvalue weighted by Crippen LogP contribution is 2.34. The van der Waals surface area contributed by atoms with Crippen LogP contribution in [0.2, 0.25) is 0 Å². The molecule has 1 aliphatic rings. The molecule has 1 amide bonds. The molecule has 2 N–H and O–H groups in total. The van der Waals surface area contributed by atoms with Crippen molar-refractivity contribution < 1.29 is 9.53 Å². The second kappa shape index (κ2) is 5.09. The molecule has 2 unspecified atom stereocenters. The Kier molecular flexibility index (Phi) is 3.78. The molecule has 2 rings (SSSR count). The number of ether oxygens (including phenoxy) is 1. The lowest BCUT2D eigenvalue weighted by atomic mass is 9.89. The maximum absolute atomic E-state index is 12.2. The summed E-state index contributed by atoms with van der Waals surface area (Å²) in [5, 5.41) is 0. The number of hydrogen-bond acceptors (Lipinski definition) is 3. The predicted molar refractivity (Wildman–Crippen MR) is 79.6 cm³/mol. The Morgan fingerprint density at radius 3 is 2.45 bits per heavy atom. The molecule has 110 valence electrons. The second-order valence-corrected chi connectivity index (χ2v) is 6.59. The average Bonchev–Trinajstić information content (AvgIpc) is 2.28. The fourth-order valence-corrected chi connectivity index (χ4v) is 2.42. The maximum Gasteiger partial charge on any atom is 0.410 e. The van der Waals surface area contributed by atoms with Crippen LogP contribution in [0.15, 0.2) is 18.2 Å². The molecule has 20 heavy (non-hydrogen) atoms. The number of carbonyl (C=O) groups excluding carboxylic acids is 1. The molecular formula is C16H24N2O2. The van der Waals surface area contributed by atoms with E-state index >= 15 is 0 Å². The fraction of sp³-hybridized carbons (Fsp3) is 0.562. The van der Waals surface area contributed by atoms with Crippen LogP contribution < -0.4 is 5.73 Å². The van der Waals surface area contributed by atoms with Crippen LogP contribution in [0.1, 0.15) is 43.5 Å². The van der Waals surface area contributed by atoms with E-state index in [1.807, 2.05) is 26.8 Å². The summed E-state index contributed by atoms with van der Waals surface area (Å²) in [6, 6.07) is 6.12. The Balaban J connectivity index is 2.17. The summed E-state index contributed by atoms with van der Waals surface area (Å²) in [5.74, 6) is 0. The number of carbonyl (C=O) groups is 1. The highest BCUT2D eigenvalue weighted by Gasteiger charge is 2.42. The molecule has 1 saturated heterocycles. The average molecular weight is 276 g/mol. The van der Waals surface area contributed by atoms with Gasteiger partial charge in [0.15, 0.2) is 0 Å². The molecular weight excluding hydrogens is 252 g/mol. The summed E-state index contributed by atoms with van der Waals surface area (Å²) in [5.41, 5.74) is 9.14. The maximum atomic E-state index is 12.2. The first kappa shape index (κ1) is 14.9. The third-order valence-electron chi connectivity index (χ3n) is 3.65. The molecule has 0 aliphatic carbocycles. The van der Waals surface area contributed by atoms with Crippen molar-refractivity contribution in [2.75, 3.05) is 6.54 Å². The monoisotopic (exact) mass is 276 g/mol. The zero-order valence-electron chi connectivity index (χ0n) is 12.9. The minimum Gasteiger partial charge on any atom is -0.444 e. The highest BCUT2D eigenvalue weighted by molar-refractivity contribution is 5.70. The Morgan fingerprint density at radius 1 is 1.30 bits per heavy atom. The molecule has 0 aromatic heterocycles. The molecule has 4 nitrogen and oxygen atoms in total. The van der Waals surface area contributed by atoms with Crippen molar-refractivity contribution in [1.29, 1.82) is 0 Å². The minimum atomic E-state index is -0.482. The van der Waals surface area contributed by atoms with Gasteiger partial charge in [-0.1, -0.05) is 18.2 Å². The van der Waals surface area contributed by atoms with Crippen LogP contribution in [0.5, 0.6) is 0 Å². The van der Waals surface area contributed by atoms with E-state index in [1.165, 1.54) is 11.1 Å². The van der Waals surface area contributed by atoms with Gasteiger partial charge < -0.3 is 10.5 Å². The van der Waals surface area contributed by atoms with E-state index < -0.39 is 5.60 Å². The van der Waals surface area contributed by atoms with E-state index in [4.69, 9.17) is 10.5 Å². The number of nitrogens with zero attached hydrogens (tertiary/aromatic N) is 1. The Labute approximate surface area is 120 Å². The summed E-state index contributed by atoms with van der Waals surface area (Å²) < 4.78 is 5.43. The lowest BCUT2D eigenvalue weighted by molar-refractivity contribution is -0.0134. The molecule has 0 radical (unpaired) electrons. The summed E-state index contributed by atoms with van der Waals surface area (Å²) >= 11 is 0. The first-order chi connectivity index (χ1) is 9.19. The zero-order valence-corrected chi connectivity index (χ0v) is 12.9. The van der Waals surface area contributed by atoms with Gasteiger partial charge in [0.2, 0.25) is 0 Å². The molecule has 1 aromatic carbocycles. The van der Waals surface area contributed by atoms with Crippen LogP contribution in [-0.2, 0) is 4.74 Å². The van der Waals surface area contributed by atoms with E-state index in [2.05, 4.69) is 26.0 Å². The lowest BCUT2D eigenvalue weighted by Crippen LogP contribution is -2.60. The molecule has 4 heteroatoms. The molecule has 1 fully saturated rings. The third kappa shape index (κ3) is 2.96. The minimum absolute atomic E-state index is 0.0235. The molecule has 0 spiro atoms. The van der Waals surface area contributed by atoms with Crippen molar-refractivity contribution in [3.63, 3.8) is 0 Å². The Hall–Kier alpha value is -1.55. The van der Waals surface area contributed by atoms with Crippen LogP contribution in [0.3, 0.4) is 0 Å². The fourth-order valence-electron chi connectivity index (χ4n) is 2.42. The smallest absolute Gasteiger partial charge is 0.410 e. The van der Waals surface area contributed by atoms with Gasteiger partial charge in [-0.05, 0) is 51.3 Å². The summed E-state index contributed by atoms with van der Waals surface area (Å²) in [6.07, 6.45) is -0.289. The molecule has 0 bridgehead atoms. The van der Waals surface area contributed by atoms with Gasteiger partial charge in [-0.3, -0.25) is 4.90 Å². The highest BCUT2D eigenvalue weighted by atomic mass is 16.6. The number of aryl methyl sites for hydroxylation is 2. The number of likely N-dealkylation sites (tertiary alicyclic amines) is 1. The molecule has 1 heterocycles. The Bertz CT molecular complexity index is 520. The number of benzene rings is 1. The van der Waals surface area contributed by atoms with Gasteiger partial charge in [0.05, 0.1) is 6.04 Å². The molecule has 0 saturated carbocycles. The van der Waals surface area contributed by atoms with Gasteiger partial charge in [-0.15, -0.1) is 0 Å². The van der Waals surface area contributed by atoms with Gasteiger partial charge in [0.1, 0.15) is 5.60 Å². The van der Waals surface area contributed by atoms with Crippen molar-refractivity contribution in [1.82, 2.24) is 4.90 Å². The number of rotatable bonds is 1. The van der Waals surface area contributed by atoms with Gasteiger partial charge >= 0.3 is 6.09 Å². The van der Waals surface area contributed by atoms with Gasteiger partial charge in [0.25, 0.3) is 0 Å². The van der Waals surface area contributed by atoms with Crippen LogP contribution in [0.25, 0.3) is 0 Å². The van der Waals surface area contributed by atoms with E-state index in [1.54, 1.807) is 4.90 Å². The quantitative estimate of drug-likeness (QED) is 0.858. The lowest BCUT2D eigenvalue weighted by Gasteiger charge is -2.46. The number of amides is 1. The van der Waals surface area contributed by atoms with Crippen molar-refractivity contribution in [3.8, 4) is 0 Å². The van der Waals surface area contributed by atoms with Crippen LogP contribution in [0, 0.1) is 13.8 Å².